The number of hydroxylamine groups is 1. The summed E-state index contributed by atoms with van der Waals surface area (Å²) >= 11 is 5.90. The van der Waals surface area contributed by atoms with E-state index < -0.39 is 0 Å². The zero-order valence-corrected chi connectivity index (χ0v) is 10.7. The van der Waals surface area contributed by atoms with Crippen LogP contribution in [0.2, 0.25) is 5.02 Å². The molecule has 0 bridgehead atoms. The Bertz CT molecular complexity index is 368. The van der Waals surface area contributed by atoms with Crippen molar-refractivity contribution in [1.82, 2.24) is 5.48 Å². The quantitative estimate of drug-likeness (QED) is 0.606. The highest BCUT2D eigenvalue weighted by atomic mass is 35.5. The first-order valence-corrected chi connectivity index (χ1v) is 6.23. The maximum atomic E-state index is 11.5. The fourth-order valence-electron chi connectivity index (χ4n) is 1.82. The molecule has 4 heteroatoms. The van der Waals surface area contributed by atoms with Gasteiger partial charge in [-0.05, 0) is 30.5 Å². The average Bonchev–Trinajstić information content (AvgIpc) is 2.33. The van der Waals surface area contributed by atoms with Gasteiger partial charge < -0.3 is 0 Å². The van der Waals surface area contributed by atoms with Gasteiger partial charge >= 0.3 is 0 Å². The molecule has 94 valence electrons. The van der Waals surface area contributed by atoms with Gasteiger partial charge in [-0.3, -0.25) is 10.0 Å². The van der Waals surface area contributed by atoms with Crippen molar-refractivity contribution in [2.45, 2.75) is 32.6 Å². The number of hydrogen-bond acceptors (Lipinski definition) is 2. The minimum absolute atomic E-state index is 0.196. The second-order valence-electron chi connectivity index (χ2n) is 4.15. The lowest BCUT2D eigenvalue weighted by Gasteiger charge is -2.14. The molecule has 1 unspecified atom stereocenters. The summed E-state index contributed by atoms with van der Waals surface area (Å²) in [6.07, 6.45) is 3.38. The number of hydrogen-bond donors (Lipinski definition) is 2. The van der Waals surface area contributed by atoms with Crippen LogP contribution in [-0.4, -0.2) is 11.1 Å². The van der Waals surface area contributed by atoms with Crippen molar-refractivity contribution in [2.75, 3.05) is 0 Å². The Morgan fingerprint density at radius 3 is 2.88 bits per heavy atom. The summed E-state index contributed by atoms with van der Waals surface area (Å²) in [7, 11) is 0. The van der Waals surface area contributed by atoms with E-state index in [1.54, 1.807) is 11.5 Å². The summed E-state index contributed by atoms with van der Waals surface area (Å²) in [5.74, 6) is -0.517. The number of carbonyl (C=O) groups excluding carboxylic acids is 1. The molecule has 0 heterocycles. The van der Waals surface area contributed by atoms with Gasteiger partial charge in [-0.15, -0.1) is 0 Å². The van der Waals surface area contributed by atoms with Crippen LogP contribution in [0, 0.1) is 5.92 Å². The maximum absolute atomic E-state index is 11.5. The van der Waals surface area contributed by atoms with Crippen molar-refractivity contribution in [2.24, 2.45) is 5.92 Å². The number of unbranched alkanes of at least 4 members (excludes halogenated alkanes) is 1. The van der Waals surface area contributed by atoms with Gasteiger partial charge in [0.05, 0.1) is 0 Å². The van der Waals surface area contributed by atoms with Gasteiger partial charge in [-0.25, -0.2) is 5.48 Å². The Labute approximate surface area is 107 Å². The molecule has 3 nitrogen and oxygen atoms in total. The highest BCUT2D eigenvalue weighted by Crippen LogP contribution is 2.18. The first kappa shape index (κ1) is 14.0. The van der Waals surface area contributed by atoms with Gasteiger partial charge in [0.25, 0.3) is 0 Å². The van der Waals surface area contributed by atoms with Crippen molar-refractivity contribution >= 4 is 17.5 Å². The molecule has 0 fully saturated rings. The highest BCUT2D eigenvalue weighted by Gasteiger charge is 2.17. The molecule has 0 spiro atoms. The molecule has 2 N–H and O–H groups in total. The zero-order valence-electron chi connectivity index (χ0n) is 9.95. The number of amides is 1. The number of benzene rings is 1. The van der Waals surface area contributed by atoms with Gasteiger partial charge in [0.15, 0.2) is 0 Å². The van der Waals surface area contributed by atoms with Gasteiger partial charge in [0, 0.05) is 10.9 Å². The predicted octanol–water partition coefficient (Wildman–Crippen LogP) is 3.19. The number of nitrogens with one attached hydrogen (secondary N) is 1. The fourth-order valence-corrected chi connectivity index (χ4v) is 2.03. The van der Waals surface area contributed by atoms with E-state index in [4.69, 9.17) is 16.8 Å². The molecule has 0 aliphatic carbocycles. The lowest BCUT2D eigenvalue weighted by atomic mass is 9.93. The predicted molar refractivity (Wildman–Crippen MR) is 68.1 cm³/mol. The molecule has 1 rings (SSSR count). The van der Waals surface area contributed by atoms with Crippen LogP contribution in [0.1, 0.15) is 31.7 Å². The van der Waals surface area contributed by atoms with Crippen LogP contribution in [0.3, 0.4) is 0 Å². The highest BCUT2D eigenvalue weighted by molar-refractivity contribution is 6.30. The largest absolute Gasteiger partial charge is 0.289 e. The maximum Gasteiger partial charge on any atom is 0.246 e. The molecule has 1 amide bonds. The van der Waals surface area contributed by atoms with Crippen LogP contribution in [0.15, 0.2) is 24.3 Å². The van der Waals surface area contributed by atoms with E-state index in [-0.39, 0.29) is 11.8 Å². The van der Waals surface area contributed by atoms with Crippen molar-refractivity contribution in [1.29, 1.82) is 0 Å². The molecule has 0 saturated carbocycles. The summed E-state index contributed by atoms with van der Waals surface area (Å²) < 4.78 is 0. The van der Waals surface area contributed by atoms with E-state index in [1.807, 2.05) is 18.2 Å². The van der Waals surface area contributed by atoms with Gasteiger partial charge in [0.1, 0.15) is 0 Å². The number of halogens is 1. The van der Waals surface area contributed by atoms with Crippen LogP contribution in [-0.2, 0) is 11.2 Å². The molecule has 0 saturated heterocycles. The van der Waals surface area contributed by atoms with Crippen LogP contribution < -0.4 is 5.48 Å². The first-order chi connectivity index (χ1) is 8.17. The molecule has 0 aliphatic rings. The molecule has 0 aliphatic heterocycles. The SMILES string of the molecule is CCCCC(Cc1cccc(Cl)c1)C(=O)NO. The molecule has 1 aromatic carbocycles. The molecular formula is C13H18ClNO2. The van der Waals surface area contributed by atoms with Crippen LogP contribution in [0.25, 0.3) is 0 Å². The van der Waals surface area contributed by atoms with E-state index >= 15 is 0 Å². The third-order valence-electron chi connectivity index (χ3n) is 2.76. The van der Waals surface area contributed by atoms with E-state index in [0.29, 0.717) is 11.4 Å². The molecule has 1 aromatic rings. The molecular weight excluding hydrogens is 238 g/mol. The Hall–Kier alpha value is -1.06. The van der Waals surface area contributed by atoms with E-state index in [0.717, 1.165) is 24.8 Å². The Balaban J connectivity index is 2.68. The van der Waals surface area contributed by atoms with Crippen molar-refractivity contribution in [3.63, 3.8) is 0 Å². The summed E-state index contributed by atoms with van der Waals surface area (Å²) in [6, 6.07) is 7.46. The monoisotopic (exact) mass is 255 g/mol. The minimum Gasteiger partial charge on any atom is -0.289 e. The Kier molecular flexibility index (Phi) is 6.01. The molecule has 17 heavy (non-hydrogen) atoms. The fraction of sp³-hybridized carbons (Fsp3) is 0.462. The lowest BCUT2D eigenvalue weighted by molar-refractivity contribution is -0.133. The lowest BCUT2D eigenvalue weighted by Crippen LogP contribution is -2.29. The standard InChI is InChI=1S/C13H18ClNO2/c1-2-3-6-11(13(16)15-17)8-10-5-4-7-12(14)9-10/h4-5,7,9,11,17H,2-3,6,8H2,1H3,(H,15,16). The number of carbonyl (C=O) groups is 1. The second-order valence-corrected chi connectivity index (χ2v) is 4.59. The normalized spacial score (nSPS) is 12.2. The third-order valence-corrected chi connectivity index (χ3v) is 2.99. The summed E-state index contributed by atoms with van der Waals surface area (Å²) in [6.45, 7) is 2.08. The van der Waals surface area contributed by atoms with Crippen molar-refractivity contribution in [3.05, 3.63) is 34.9 Å². The summed E-state index contributed by atoms with van der Waals surface area (Å²) in [5, 5.41) is 9.38. The zero-order chi connectivity index (χ0) is 12.7. The molecule has 1 atom stereocenters. The Morgan fingerprint density at radius 2 is 2.29 bits per heavy atom. The second kappa shape index (κ2) is 7.30. The third kappa shape index (κ3) is 4.75. The smallest absolute Gasteiger partial charge is 0.246 e. The van der Waals surface area contributed by atoms with Gasteiger partial charge in [-0.1, -0.05) is 43.5 Å². The van der Waals surface area contributed by atoms with E-state index in [1.165, 1.54) is 0 Å². The minimum atomic E-state index is -0.321. The van der Waals surface area contributed by atoms with Gasteiger partial charge in [0.2, 0.25) is 5.91 Å². The van der Waals surface area contributed by atoms with Crippen LogP contribution in [0.4, 0.5) is 0 Å². The van der Waals surface area contributed by atoms with Crippen molar-refractivity contribution in [3.8, 4) is 0 Å². The Morgan fingerprint density at radius 1 is 1.53 bits per heavy atom. The van der Waals surface area contributed by atoms with Crippen LogP contribution >= 0.6 is 11.6 Å². The first-order valence-electron chi connectivity index (χ1n) is 5.85. The average molecular weight is 256 g/mol. The van der Waals surface area contributed by atoms with E-state index in [9.17, 15) is 4.79 Å². The topological polar surface area (TPSA) is 49.3 Å². The summed E-state index contributed by atoms with van der Waals surface area (Å²) in [4.78, 5) is 11.5. The van der Waals surface area contributed by atoms with Crippen LogP contribution in [0.5, 0.6) is 0 Å². The molecule has 0 radical (unpaired) electrons. The van der Waals surface area contributed by atoms with Crippen molar-refractivity contribution < 1.29 is 10.0 Å². The molecule has 0 aromatic heterocycles. The van der Waals surface area contributed by atoms with E-state index in [2.05, 4.69) is 6.92 Å². The van der Waals surface area contributed by atoms with Gasteiger partial charge in [-0.2, -0.15) is 0 Å². The number of rotatable bonds is 6. The summed E-state index contributed by atoms with van der Waals surface area (Å²) in [5.41, 5.74) is 2.75.